The normalized spacial score (nSPS) is 23.6. The second-order valence-corrected chi connectivity index (χ2v) is 5.39. The molecule has 4 nitrogen and oxygen atoms in total. The van der Waals surface area contributed by atoms with E-state index in [-0.39, 0.29) is 5.75 Å². The van der Waals surface area contributed by atoms with Gasteiger partial charge in [0.05, 0.1) is 5.75 Å². The smallest absolute Gasteiger partial charge is 0.211 e. The minimum absolute atomic E-state index is 0.278. The zero-order valence-electron chi connectivity index (χ0n) is 8.04. The zero-order valence-corrected chi connectivity index (χ0v) is 8.86. The van der Waals surface area contributed by atoms with E-state index < -0.39 is 10.0 Å². The van der Waals surface area contributed by atoms with Crippen molar-refractivity contribution < 1.29 is 8.42 Å². The van der Waals surface area contributed by atoms with Gasteiger partial charge in [-0.2, -0.15) is 0 Å². The molecule has 1 atom stereocenters. The first kappa shape index (κ1) is 10.9. The molecule has 5 heteroatoms. The van der Waals surface area contributed by atoms with Crippen LogP contribution in [0, 0.1) is 5.92 Å². The first-order valence-corrected chi connectivity index (χ1v) is 6.47. The highest BCUT2D eigenvalue weighted by Crippen LogP contribution is 2.09. The second-order valence-electron chi connectivity index (χ2n) is 3.53. The maximum Gasteiger partial charge on any atom is 0.211 e. The molecule has 13 heavy (non-hydrogen) atoms. The molecule has 0 bridgehead atoms. The first-order valence-electron chi connectivity index (χ1n) is 4.82. The van der Waals surface area contributed by atoms with Crippen molar-refractivity contribution in [2.45, 2.75) is 19.8 Å². The van der Waals surface area contributed by atoms with E-state index in [4.69, 9.17) is 0 Å². The third-order valence-electron chi connectivity index (χ3n) is 2.19. The topological polar surface area (TPSA) is 58.2 Å². The van der Waals surface area contributed by atoms with Crippen LogP contribution in [-0.4, -0.2) is 33.8 Å². The second kappa shape index (κ2) is 4.93. The van der Waals surface area contributed by atoms with Gasteiger partial charge in [-0.1, -0.05) is 6.92 Å². The summed E-state index contributed by atoms with van der Waals surface area (Å²) in [5.41, 5.74) is 0. The summed E-state index contributed by atoms with van der Waals surface area (Å²) in [7, 11) is -3.02. The third-order valence-corrected chi connectivity index (χ3v) is 3.74. The van der Waals surface area contributed by atoms with Crippen LogP contribution in [0.5, 0.6) is 0 Å². The van der Waals surface area contributed by atoms with Crippen LogP contribution >= 0.6 is 0 Å². The Morgan fingerprint density at radius 2 is 2.31 bits per heavy atom. The Balaban J connectivity index is 2.32. The zero-order chi connectivity index (χ0) is 9.73. The molecule has 1 heterocycles. The molecule has 1 fully saturated rings. The molecule has 0 saturated carbocycles. The fraction of sp³-hybridized carbons (Fsp3) is 1.00. The largest absolute Gasteiger partial charge is 0.316 e. The van der Waals surface area contributed by atoms with Crippen LogP contribution in [0.3, 0.4) is 0 Å². The standard InChI is InChI=1S/C8H18N2O2S/c1-2-4-10-13(11,12)7-8-3-5-9-6-8/h8-10H,2-7H2,1H3. The van der Waals surface area contributed by atoms with Gasteiger partial charge in [0.1, 0.15) is 0 Å². The van der Waals surface area contributed by atoms with Crippen molar-refractivity contribution in [1.29, 1.82) is 0 Å². The summed E-state index contributed by atoms with van der Waals surface area (Å²) in [4.78, 5) is 0. The Hall–Kier alpha value is -0.130. The van der Waals surface area contributed by atoms with Crippen LogP contribution in [0.4, 0.5) is 0 Å². The maximum absolute atomic E-state index is 11.4. The molecule has 0 amide bonds. The number of hydrogen-bond acceptors (Lipinski definition) is 3. The van der Waals surface area contributed by atoms with Gasteiger partial charge in [0.25, 0.3) is 0 Å². The predicted octanol–water partition coefficient (Wildman–Crippen LogP) is -0.0747. The summed E-state index contributed by atoms with van der Waals surface area (Å²) < 4.78 is 25.4. The van der Waals surface area contributed by atoms with Crippen LogP contribution in [0.1, 0.15) is 19.8 Å². The summed E-state index contributed by atoms with van der Waals surface area (Å²) in [5, 5.41) is 3.16. The molecule has 0 spiro atoms. The fourth-order valence-corrected chi connectivity index (χ4v) is 3.02. The molecule has 0 aliphatic carbocycles. The minimum atomic E-state index is -3.02. The quantitative estimate of drug-likeness (QED) is 0.662. The minimum Gasteiger partial charge on any atom is -0.316 e. The number of hydrogen-bond donors (Lipinski definition) is 2. The molecule has 1 saturated heterocycles. The summed E-state index contributed by atoms with van der Waals surface area (Å²) >= 11 is 0. The highest BCUT2D eigenvalue weighted by molar-refractivity contribution is 7.89. The Labute approximate surface area is 80.1 Å². The summed E-state index contributed by atoms with van der Waals surface area (Å²) in [6.07, 6.45) is 1.83. The molecule has 0 aromatic heterocycles. The highest BCUT2D eigenvalue weighted by atomic mass is 32.2. The molecular formula is C8H18N2O2S. The van der Waals surface area contributed by atoms with Gasteiger partial charge in [-0.3, -0.25) is 0 Å². The molecule has 0 aromatic rings. The fourth-order valence-electron chi connectivity index (χ4n) is 1.48. The SMILES string of the molecule is CCCNS(=O)(=O)CC1CCNC1. The predicted molar refractivity (Wildman–Crippen MR) is 53.1 cm³/mol. The van der Waals surface area contributed by atoms with E-state index in [9.17, 15) is 8.42 Å². The Bertz CT molecular complexity index is 233. The average Bonchev–Trinajstić information content (AvgIpc) is 2.52. The van der Waals surface area contributed by atoms with Gasteiger partial charge in [0, 0.05) is 6.54 Å². The van der Waals surface area contributed by atoms with Gasteiger partial charge < -0.3 is 5.32 Å². The van der Waals surface area contributed by atoms with Crippen molar-refractivity contribution in [3.63, 3.8) is 0 Å². The van der Waals surface area contributed by atoms with Gasteiger partial charge in [-0.05, 0) is 31.8 Å². The van der Waals surface area contributed by atoms with Gasteiger partial charge in [0.15, 0.2) is 0 Å². The summed E-state index contributed by atoms with van der Waals surface area (Å²) in [6, 6.07) is 0. The van der Waals surface area contributed by atoms with E-state index in [1.54, 1.807) is 0 Å². The summed E-state index contributed by atoms with van der Waals surface area (Å²) in [6.45, 7) is 4.31. The van der Waals surface area contributed by atoms with Gasteiger partial charge in [-0.25, -0.2) is 13.1 Å². The van der Waals surface area contributed by atoms with Crippen LogP contribution in [0.2, 0.25) is 0 Å². The van der Waals surface area contributed by atoms with Gasteiger partial charge >= 0.3 is 0 Å². The monoisotopic (exact) mass is 206 g/mol. The molecule has 1 aliphatic rings. The molecule has 0 aromatic carbocycles. The van der Waals surface area contributed by atoms with E-state index >= 15 is 0 Å². The first-order chi connectivity index (χ1) is 6.14. The lowest BCUT2D eigenvalue weighted by atomic mass is 10.2. The lowest BCUT2D eigenvalue weighted by molar-refractivity contribution is 0.557. The molecule has 1 rings (SSSR count). The molecule has 2 N–H and O–H groups in total. The van der Waals surface area contributed by atoms with E-state index in [2.05, 4.69) is 10.0 Å². The van der Waals surface area contributed by atoms with Crippen LogP contribution in [0.15, 0.2) is 0 Å². The van der Waals surface area contributed by atoms with E-state index in [0.717, 1.165) is 25.9 Å². The van der Waals surface area contributed by atoms with Crippen LogP contribution in [0.25, 0.3) is 0 Å². The summed E-state index contributed by atoms with van der Waals surface area (Å²) in [5.74, 6) is 0.578. The molecule has 1 aliphatic heterocycles. The van der Waals surface area contributed by atoms with Crippen molar-refractivity contribution in [2.24, 2.45) is 5.92 Å². The molecular weight excluding hydrogens is 188 g/mol. The van der Waals surface area contributed by atoms with Crippen molar-refractivity contribution in [2.75, 3.05) is 25.4 Å². The lowest BCUT2D eigenvalue weighted by Crippen LogP contribution is -2.31. The average molecular weight is 206 g/mol. The third kappa shape index (κ3) is 4.06. The Morgan fingerprint density at radius 1 is 1.54 bits per heavy atom. The number of rotatable bonds is 5. The van der Waals surface area contributed by atoms with E-state index in [1.807, 2.05) is 6.92 Å². The Morgan fingerprint density at radius 3 is 2.85 bits per heavy atom. The van der Waals surface area contributed by atoms with E-state index in [1.165, 1.54) is 0 Å². The molecule has 78 valence electrons. The number of sulfonamides is 1. The van der Waals surface area contributed by atoms with Gasteiger partial charge in [-0.15, -0.1) is 0 Å². The van der Waals surface area contributed by atoms with E-state index in [0.29, 0.717) is 12.5 Å². The van der Waals surface area contributed by atoms with Crippen molar-refractivity contribution >= 4 is 10.0 Å². The van der Waals surface area contributed by atoms with Crippen LogP contribution < -0.4 is 10.0 Å². The van der Waals surface area contributed by atoms with Gasteiger partial charge in [0.2, 0.25) is 10.0 Å². The van der Waals surface area contributed by atoms with Crippen molar-refractivity contribution in [3.05, 3.63) is 0 Å². The Kier molecular flexibility index (Phi) is 4.15. The molecule has 1 unspecified atom stereocenters. The lowest BCUT2D eigenvalue weighted by Gasteiger charge is -2.09. The molecule has 0 radical (unpaired) electrons. The highest BCUT2D eigenvalue weighted by Gasteiger charge is 2.21. The van der Waals surface area contributed by atoms with Crippen LogP contribution in [-0.2, 0) is 10.0 Å². The maximum atomic E-state index is 11.4. The van der Waals surface area contributed by atoms with Crippen molar-refractivity contribution in [3.8, 4) is 0 Å². The number of nitrogens with one attached hydrogen (secondary N) is 2. The van der Waals surface area contributed by atoms with Crippen molar-refractivity contribution in [1.82, 2.24) is 10.0 Å².